The second-order valence-corrected chi connectivity index (χ2v) is 4.94. The number of hydrogen-bond donors (Lipinski definition) is 2. The molecule has 0 spiro atoms. The van der Waals surface area contributed by atoms with Gasteiger partial charge in [0.1, 0.15) is 0 Å². The lowest BCUT2D eigenvalue weighted by molar-refractivity contribution is 0.131. The highest BCUT2D eigenvalue weighted by atomic mass is 16.5. The molecule has 3 nitrogen and oxygen atoms in total. The van der Waals surface area contributed by atoms with E-state index in [9.17, 15) is 0 Å². The minimum Gasteiger partial charge on any atom is -0.381 e. The van der Waals surface area contributed by atoms with E-state index in [2.05, 4.69) is 36.5 Å². The molecule has 1 aromatic rings. The third-order valence-electron chi connectivity index (χ3n) is 3.47. The highest BCUT2D eigenvalue weighted by Crippen LogP contribution is 2.36. The maximum absolute atomic E-state index is 6.14. The second kappa shape index (κ2) is 6.88. The van der Waals surface area contributed by atoms with Gasteiger partial charge in [0.05, 0.1) is 0 Å². The highest BCUT2D eigenvalue weighted by Gasteiger charge is 2.27. The quantitative estimate of drug-likeness (QED) is 0.729. The van der Waals surface area contributed by atoms with Gasteiger partial charge in [-0.2, -0.15) is 0 Å². The molecule has 0 amide bonds. The average molecular weight is 248 g/mol. The summed E-state index contributed by atoms with van der Waals surface area (Å²) in [5.74, 6) is 0. The Morgan fingerprint density at radius 3 is 2.83 bits per heavy atom. The molecule has 100 valence electrons. The van der Waals surface area contributed by atoms with Gasteiger partial charge in [0.25, 0.3) is 0 Å². The monoisotopic (exact) mass is 248 g/mol. The van der Waals surface area contributed by atoms with Crippen molar-refractivity contribution in [3.63, 3.8) is 0 Å². The number of benzene rings is 1. The Labute approximate surface area is 110 Å². The molecule has 1 aromatic carbocycles. The lowest BCUT2D eigenvalue weighted by Crippen LogP contribution is -2.22. The molecule has 2 unspecified atom stereocenters. The molecule has 0 bridgehead atoms. The van der Waals surface area contributed by atoms with Crippen molar-refractivity contribution in [1.82, 2.24) is 5.32 Å². The van der Waals surface area contributed by atoms with Gasteiger partial charge < -0.3 is 15.8 Å². The Morgan fingerprint density at radius 1 is 1.28 bits per heavy atom. The van der Waals surface area contributed by atoms with E-state index in [4.69, 9.17) is 10.5 Å². The van der Waals surface area contributed by atoms with Gasteiger partial charge in [0, 0.05) is 25.3 Å². The van der Waals surface area contributed by atoms with Crippen LogP contribution in [0.15, 0.2) is 24.3 Å². The molecule has 0 aliphatic heterocycles. The zero-order valence-corrected chi connectivity index (χ0v) is 11.2. The molecule has 0 aromatic heterocycles. The van der Waals surface area contributed by atoms with E-state index in [0.29, 0.717) is 6.04 Å². The molecule has 3 heteroatoms. The van der Waals surface area contributed by atoms with Gasteiger partial charge in [0.2, 0.25) is 0 Å². The van der Waals surface area contributed by atoms with Crippen LogP contribution in [0.4, 0.5) is 0 Å². The van der Waals surface area contributed by atoms with Gasteiger partial charge in [-0.3, -0.25) is 0 Å². The molecule has 0 saturated carbocycles. The summed E-state index contributed by atoms with van der Waals surface area (Å²) < 4.78 is 5.47. The van der Waals surface area contributed by atoms with Crippen molar-refractivity contribution in [2.75, 3.05) is 19.8 Å². The van der Waals surface area contributed by atoms with Gasteiger partial charge >= 0.3 is 0 Å². The molecular formula is C15H24N2O. The number of ether oxygens (including phenoxy) is 1. The lowest BCUT2D eigenvalue weighted by Gasteiger charge is -2.13. The molecule has 0 saturated heterocycles. The third kappa shape index (κ3) is 3.31. The standard InChI is InChI=1S/C15H24N2O/c1-2-9-18-10-5-8-17-15-11-14(16)12-6-3-4-7-13(12)15/h3-4,6-7,14-15,17H,2,5,8-11,16H2,1H3. The smallest absolute Gasteiger partial charge is 0.0478 e. The van der Waals surface area contributed by atoms with Crippen LogP contribution in [0, 0.1) is 0 Å². The summed E-state index contributed by atoms with van der Waals surface area (Å²) >= 11 is 0. The molecule has 0 radical (unpaired) electrons. The maximum atomic E-state index is 6.14. The normalized spacial score (nSPS) is 22.1. The number of nitrogens with one attached hydrogen (secondary N) is 1. The van der Waals surface area contributed by atoms with Crippen LogP contribution in [-0.4, -0.2) is 19.8 Å². The van der Waals surface area contributed by atoms with Crippen molar-refractivity contribution >= 4 is 0 Å². The topological polar surface area (TPSA) is 47.3 Å². The Hall–Kier alpha value is -0.900. The summed E-state index contributed by atoms with van der Waals surface area (Å²) in [6.07, 6.45) is 3.17. The van der Waals surface area contributed by atoms with E-state index in [1.807, 2.05) is 0 Å². The van der Waals surface area contributed by atoms with Crippen LogP contribution in [0.3, 0.4) is 0 Å². The Kier molecular flexibility index (Phi) is 5.17. The van der Waals surface area contributed by atoms with E-state index in [-0.39, 0.29) is 6.04 Å². The predicted molar refractivity (Wildman–Crippen MR) is 74.5 cm³/mol. The zero-order valence-electron chi connectivity index (χ0n) is 11.2. The first-order valence-corrected chi connectivity index (χ1v) is 6.98. The number of fused-ring (bicyclic) bond motifs is 1. The SMILES string of the molecule is CCCOCCCNC1CC(N)c2ccccc21. The van der Waals surface area contributed by atoms with E-state index in [1.54, 1.807) is 0 Å². The molecule has 2 atom stereocenters. The summed E-state index contributed by atoms with van der Waals surface area (Å²) in [6, 6.07) is 9.10. The molecule has 0 fully saturated rings. The summed E-state index contributed by atoms with van der Waals surface area (Å²) in [5.41, 5.74) is 8.82. The van der Waals surface area contributed by atoms with Crippen molar-refractivity contribution in [1.29, 1.82) is 0 Å². The second-order valence-electron chi connectivity index (χ2n) is 4.94. The molecule has 18 heavy (non-hydrogen) atoms. The Morgan fingerprint density at radius 2 is 2.06 bits per heavy atom. The van der Waals surface area contributed by atoms with E-state index in [1.165, 1.54) is 11.1 Å². The van der Waals surface area contributed by atoms with Crippen molar-refractivity contribution in [2.45, 2.75) is 38.3 Å². The maximum Gasteiger partial charge on any atom is 0.0478 e. The molecule has 1 aliphatic rings. The first kappa shape index (κ1) is 13.5. The molecule has 2 rings (SSSR count). The van der Waals surface area contributed by atoms with Gasteiger partial charge in [-0.05, 0) is 36.9 Å². The van der Waals surface area contributed by atoms with Crippen LogP contribution in [0.25, 0.3) is 0 Å². The van der Waals surface area contributed by atoms with Crippen molar-refractivity contribution in [3.05, 3.63) is 35.4 Å². The fourth-order valence-corrected chi connectivity index (χ4v) is 2.56. The first-order valence-electron chi connectivity index (χ1n) is 6.98. The highest BCUT2D eigenvalue weighted by molar-refractivity contribution is 5.37. The lowest BCUT2D eigenvalue weighted by atomic mass is 10.1. The van der Waals surface area contributed by atoms with Crippen molar-refractivity contribution < 1.29 is 4.74 Å². The summed E-state index contributed by atoms with van der Waals surface area (Å²) in [4.78, 5) is 0. The Balaban J connectivity index is 1.75. The molecule has 3 N–H and O–H groups in total. The molecule has 0 heterocycles. The number of hydrogen-bond acceptors (Lipinski definition) is 3. The van der Waals surface area contributed by atoms with Gasteiger partial charge in [-0.15, -0.1) is 0 Å². The fourth-order valence-electron chi connectivity index (χ4n) is 2.56. The average Bonchev–Trinajstić information content (AvgIpc) is 2.71. The van der Waals surface area contributed by atoms with Gasteiger partial charge in [-0.1, -0.05) is 31.2 Å². The largest absolute Gasteiger partial charge is 0.381 e. The van der Waals surface area contributed by atoms with E-state index in [0.717, 1.165) is 39.0 Å². The van der Waals surface area contributed by atoms with E-state index < -0.39 is 0 Å². The van der Waals surface area contributed by atoms with Gasteiger partial charge in [0.15, 0.2) is 0 Å². The van der Waals surface area contributed by atoms with Gasteiger partial charge in [-0.25, -0.2) is 0 Å². The summed E-state index contributed by atoms with van der Waals surface area (Å²) in [5, 5.41) is 3.59. The fraction of sp³-hybridized carbons (Fsp3) is 0.600. The summed E-state index contributed by atoms with van der Waals surface area (Å²) in [6.45, 7) is 4.85. The van der Waals surface area contributed by atoms with Crippen molar-refractivity contribution in [2.24, 2.45) is 5.73 Å². The van der Waals surface area contributed by atoms with Crippen LogP contribution < -0.4 is 11.1 Å². The minimum atomic E-state index is 0.190. The van der Waals surface area contributed by atoms with Crippen LogP contribution in [-0.2, 0) is 4.74 Å². The van der Waals surface area contributed by atoms with Crippen LogP contribution in [0.2, 0.25) is 0 Å². The van der Waals surface area contributed by atoms with Crippen LogP contribution in [0.1, 0.15) is 49.4 Å². The minimum absolute atomic E-state index is 0.190. The van der Waals surface area contributed by atoms with Crippen LogP contribution in [0.5, 0.6) is 0 Å². The number of rotatable bonds is 7. The molecule has 1 aliphatic carbocycles. The number of nitrogens with two attached hydrogens (primary N) is 1. The zero-order chi connectivity index (χ0) is 12.8. The third-order valence-corrected chi connectivity index (χ3v) is 3.47. The van der Waals surface area contributed by atoms with Crippen LogP contribution >= 0.6 is 0 Å². The summed E-state index contributed by atoms with van der Waals surface area (Å²) in [7, 11) is 0. The Bertz CT molecular complexity index is 367. The van der Waals surface area contributed by atoms with Crippen molar-refractivity contribution in [3.8, 4) is 0 Å². The molecular weight excluding hydrogens is 224 g/mol. The predicted octanol–water partition coefficient (Wildman–Crippen LogP) is 2.54. The van der Waals surface area contributed by atoms with E-state index >= 15 is 0 Å². The first-order chi connectivity index (χ1) is 8.83.